The zero-order valence-corrected chi connectivity index (χ0v) is 8.52. The first-order valence-electron chi connectivity index (χ1n) is 4.88. The number of anilines is 1. The molecule has 0 atom stereocenters. The van der Waals surface area contributed by atoms with Crippen molar-refractivity contribution in [1.82, 2.24) is 0 Å². The average Bonchev–Trinajstić information content (AvgIpc) is 2.20. The first kappa shape index (κ1) is 11.6. The van der Waals surface area contributed by atoms with Gasteiger partial charge in [0.25, 0.3) is 0 Å². The van der Waals surface area contributed by atoms with Crippen molar-refractivity contribution in [2.24, 2.45) is 0 Å². The van der Waals surface area contributed by atoms with Crippen LogP contribution in [0.25, 0.3) is 0 Å². The number of hydrogen-bond donors (Lipinski definition) is 1. The van der Waals surface area contributed by atoms with Crippen LogP contribution in [0.3, 0.4) is 0 Å². The number of unbranched alkanes of at least 4 members (excludes halogenated alkanes) is 1. The Morgan fingerprint density at radius 2 is 2.13 bits per heavy atom. The molecule has 0 unspecified atom stereocenters. The van der Waals surface area contributed by atoms with Crippen molar-refractivity contribution >= 4 is 11.6 Å². The van der Waals surface area contributed by atoms with E-state index >= 15 is 0 Å². The average molecular weight is 213 g/mol. The normalized spacial score (nSPS) is 10.1. The maximum Gasteiger partial charge on any atom is 0.224 e. The van der Waals surface area contributed by atoms with Crippen molar-refractivity contribution < 1.29 is 13.6 Å². The Bertz CT molecular complexity index is 352. The standard InChI is InChI=1S/C11H13F2NO/c1-2-3-4-11(15)14-10-7-8(12)5-6-9(10)13/h5-7H,2-4H2,1H3,(H,14,15). The molecule has 0 aliphatic rings. The molecule has 1 amide bonds. The number of carbonyl (C=O) groups excluding carboxylic acids is 1. The van der Waals surface area contributed by atoms with Crippen molar-refractivity contribution in [3.8, 4) is 0 Å². The minimum atomic E-state index is -0.624. The van der Waals surface area contributed by atoms with E-state index in [1.54, 1.807) is 0 Å². The maximum absolute atomic E-state index is 13.1. The molecule has 0 aromatic heterocycles. The predicted molar refractivity (Wildman–Crippen MR) is 54.5 cm³/mol. The van der Waals surface area contributed by atoms with Gasteiger partial charge in [0, 0.05) is 12.5 Å². The lowest BCUT2D eigenvalue weighted by molar-refractivity contribution is -0.116. The topological polar surface area (TPSA) is 29.1 Å². The summed E-state index contributed by atoms with van der Waals surface area (Å²) < 4.78 is 25.8. The second-order valence-electron chi connectivity index (χ2n) is 3.28. The second kappa shape index (κ2) is 5.44. The number of benzene rings is 1. The van der Waals surface area contributed by atoms with Crippen molar-refractivity contribution in [3.63, 3.8) is 0 Å². The highest BCUT2D eigenvalue weighted by atomic mass is 19.1. The fourth-order valence-electron chi connectivity index (χ4n) is 1.14. The van der Waals surface area contributed by atoms with Gasteiger partial charge in [-0.1, -0.05) is 13.3 Å². The van der Waals surface area contributed by atoms with E-state index in [1.165, 1.54) is 0 Å². The summed E-state index contributed by atoms with van der Waals surface area (Å²) >= 11 is 0. The van der Waals surface area contributed by atoms with Gasteiger partial charge in [0.1, 0.15) is 11.6 Å². The van der Waals surface area contributed by atoms with Gasteiger partial charge in [-0.2, -0.15) is 0 Å². The summed E-state index contributed by atoms with van der Waals surface area (Å²) in [7, 11) is 0. The number of nitrogens with one attached hydrogen (secondary N) is 1. The molecule has 1 aromatic rings. The molecule has 0 spiro atoms. The van der Waals surface area contributed by atoms with Crippen LogP contribution in [0.5, 0.6) is 0 Å². The Kier molecular flexibility index (Phi) is 4.21. The van der Waals surface area contributed by atoms with E-state index in [4.69, 9.17) is 0 Å². The van der Waals surface area contributed by atoms with E-state index in [9.17, 15) is 13.6 Å². The quantitative estimate of drug-likeness (QED) is 0.818. The van der Waals surface area contributed by atoms with Gasteiger partial charge in [-0.3, -0.25) is 4.79 Å². The van der Waals surface area contributed by atoms with Gasteiger partial charge < -0.3 is 5.32 Å². The largest absolute Gasteiger partial charge is 0.324 e. The van der Waals surface area contributed by atoms with Crippen LogP contribution in [0.1, 0.15) is 26.2 Å². The van der Waals surface area contributed by atoms with E-state index < -0.39 is 11.6 Å². The molecule has 0 heterocycles. The number of rotatable bonds is 4. The van der Waals surface area contributed by atoms with E-state index in [0.29, 0.717) is 6.42 Å². The van der Waals surface area contributed by atoms with E-state index in [-0.39, 0.29) is 11.6 Å². The van der Waals surface area contributed by atoms with Gasteiger partial charge in [0.2, 0.25) is 5.91 Å². The summed E-state index contributed by atoms with van der Waals surface area (Å²) in [6, 6.07) is 2.97. The SMILES string of the molecule is CCCCC(=O)Nc1cc(F)ccc1F. The van der Waals surface area contributed by atoms with Crippen LogP contribution in [-0.4, -0.2) is 5.91 Å². The van der Waals surface area contributed by atoms with E-state index in [0.717, 1.165) is 31.0 Å². The molecule has 0 saturated carbocycles. The first-order valence-corrected chi connectivity index (χ1v) is 4.88. The van der Waals surface area contributed by atoms with Crippen LogP contribution in [0.2, 0.25) is 0 Å². The van der Waals surface area contributed by atoms with Gasteiger partial charge in [-0.25, -0.2) is 8.78 Å². The summed E-state index contributed by atoms with van der Waals surface area (Å²) in [5.41, 5.74) is -0.101. The summed E-state index contributed by atoms with van der Waals surface area (Å²) in [5, 5.41) is 2.33. The third-order valence-corrected chi connectivity index (χ3v) is 1.96. The maximum atomic E-state index is 13.1. The highest BCUT2D eigenvalue weighted by Gasteiger charge is 2.07. The molecule has 0 saturated heterocycles. The van der Waals surface area contributed by atoms with Crippen molar-refractivity contribution in [3.05, 3.63) is 29.8 Å². The molecule has 0 bridgehead atoms. The lowest BCUT2D eigenvalue weighted by Gasteiger charge is -2.05. The molecule has 4 heteroatoms. The molecular weight excluding hydrogens is 200 g/mol. The van der Waals surface area contributed by atoms with Crippen LogP contribution in [-0.2, 0) is 4.79 Å². The van der Waals surface area contributed by atoms with Crippen molar-refractivity contribution in [2.75, 3.05) is 5.32 Å². The highest BCUT2D eigenvalue weighted by Crippen LogP contribution is 2.15. The third-order valence-electron chi connectivity index (χ3n) is 1.96. The van der Waals surface area contributed by atoms with Crippen LogP contribution < -0.4 is 5.32 Å². The van der Waals surface area contributed by atoms with Gasteiger partial charge in [0.05, 0.1) is 5.69 Å². The Labute approximate surface area is 87.3 Å². The zero-order valence-electron chi connectivity index (χ0n) is 8.52. The van der Waals surface area contributed by atoms with Gasteiger partial charge in [-0.05, 0) is 18.6 Å². The monoisotopic (exact) mass is 213 g/mol. The fourth-order valence-corrected chi connectivity index (χ4v) is 1.14. The number of carbonyl (C=O) groups is 1. The van der Waals surface area contributed by atoms with E-state index in [2.05, 4.69) is 5.32 Å². The lowest BCUT2D eigenvalue weighted by atomic mass is 10.2. The molecule has 0 fully saturated rings. The summed E-state index contributed by atoms with van der Waals surface area (Å²) in [6.45, 7) is 1.95. The smallest absolute Gasteiger partial charge is 0.224 e. The van der Waals surface area contributed by atoms with Crippen LogP contribution in [0.15, 0.2) is 18.2 Å². The summed E-state index contributed by atoms with van der Waals surface area (Å²) in [6.07, 6.45) is 1.95. The Morgan fingerprint density at radius 1 is 1.40 bits per heavy atom. The van der Waals surface area contributed by atoms with Crippen molar-refractivity contribution in [1.29, 1.82) is 0 Å². The summed E-state index contributed by atoms with van der Waals surface area (Å²) in [5.74, 6) is -1.48. The van der Waals surface area contributed by atoms with Crippen LogP contribution >= 0.6 is 0 Å². The van der Waals surface area contributed by atoms with Gasteiger partial charge in [-0.15, -0.1) is 0 Å². The zero-order chi connectivity index (χ0) is 11.3. The van der Waals surface area contributed by atoms with Crippen LogP contribution in [0, 0.1) is 11.6 Å². The van der Waals surface area contributed by atoms with Crippen molar-refractivity contribution in [2.45, 2.75) is 26.2 Å². The second-order valence-corrected chi connectivity index (χ2v) is 3.28. The molecule has 1 rings (SSSR count). The van der Waals surface area contributed by atoms with Gasteiger partial charge in [0.15, 0.2) is 0 Å². The molecule has 0 aliphatic carbocycles. The van der Waals surface area contributed by atoms with Crippen LogP contribution in [0.4, 0.5) is 14.5 Å². The minimum absolute atomic E-state index is 0.101. The van der Waals surface area contributed by atoms with Gasteiger partial charge >= 0.3 is 0 Å². The number of amides is 1. The number of hydrogen-bond acceptors (Lipinski definition) is 1. The Hall–Kier alpha value is -1.45. The Balaban J connectivity index is 2.63. The third kappa shape index (κ3) is 3.65. The van der Waals surface area contributed by atoms with E-state index in [1.807, 2.05) is 6.92 Å². The highest BCUT2D eigenvalue weighted by molar-refractivity contribution is 5.90. The summed E-state index contributed by atoms with van der Waals surface area (Å²) in [4.78, 5) is 11.2. The molecule has 1 N–H and O–H groups in total. The Morgan fingerprint density at radius 3 is 2.80 bits per heavy atom. The molecule has 2 nitrogen and oxygen atoms in total. The molecule has 0 aliphatic heterocycles. The molecule has 0 radical (unpaired) electrons. The molecule has 82 valence electrons. The lowest BCUT2D eigenvalue weighted by Crippen LogP contribution is -2.12. The fraction of sp³-hybridized carbons (Fsp3) is 0.364. The molecular formula is C11H13F2NO. The number of halogens is 2. The minimum Gasteiger partial charge on any atom is -0.324 e. The molecule has 15 heavy (non-hydrogen) atoms. The predicted octanol–water partition coefficient (Wildman–Crippen LogP) is 3.09. The molecule has 1 aromatic carbocycles. The first-order chi connectivity index (χ1) is 7.13.